The van der Waals surface area contributed by atoms with Crippen LogP contribution < -0.4 is 5.32 Å². The number of anilines is 1. The molecule has 0 radical (unpaired) electrons. The van der Waals surface area contributed by atoms with Gasteiger partial charge < -0.3 is 5.32 Å². The molecule has 1 atom stereocenters. The van der Waals surface area contributed by atoms with Gasteiger partial charge in [0.25, 0.3) is 0 Å². The molecule has 2 aromatic heterocycles. The van der Waals surface area contributed by atoms with Gasteiger partial charge in [-0.25, -0.2) is 0 Å². The summed E-state index contributed by atoms with van der Waals surface area (Å²) in [6.07, 6.45) is 5.11. The van der Waals surface area contributed by atoms with Crippen LogP contribution in [0.15, 0.2) is 42.9 Å². The van der Waals surface area contributed by atoms with E-state index in [-0.39, 0.29) is 5.91 Å². The molecule has 0 aliphatic heterocycles. The van der Waals surface area contributed by atoms with Crippen molar-refractivity contribution in [3.05, 3.63) is 64.7 Å². The molecule has 0 aliphatic rings. The number of rotatable bonds is 5. The molecule has 0 aliphatic carbocycles. The average molecular weight is 358 g/mol. The van der Waals surface area contributed by atoms with E-state index in [4.69, 9.17) is 11.6 Å². The van der Waals surface area contributed by atoms with Crippen LogP contribution in [0.5, 0.6) is 0 Å². The fraction of sp³-hybridized carbons (Fsp3) is 0.278. The van der Waals surface area contributed by atoms with Crippen LogP contribution in [-0.4, -0.2) is 25.5 Å². The van der Waals surface area contributed by atoms with Gasteiger partial charge in [-0.1, -0.05) is 41.4 Å². The molecular formula is C18H20ClN5O. The molecule has 25 heavy (non-hydrogen) atoms. The predicted molar refractivity (Wildman–Crippen MR) is 97.8 cm³/mol. The van der Waals surface area contributed by atoms with Crippen molar-refractivity contribution < 1.29 is 4.79 Å². The van der Waals surface area contributed by atoms with Gasteiger partial charge in [-0.15, -0.1) is 0 Å². The Morgan fingerprint density at radius 2 is 2.12 bits per heavy atom. The number of hydrogen-bond donors (Lipinski definition) is 1. The molecule has 0 saturated heterocycles. The van der Waals surface area contributed by atoms with Gasteiger partial charge in [0.1, 0.15) is 6.04 Å². The van der Waals surface area contributed by atoms with E-state index in [9.17, 15) is 4.79 Å². The van der Waals surface area contributed by atoms with Gasteiger partial charge in [0.15, 0.2) is 0 Å². The Balaban J connectivity index is 1.65. The number of halogens is 1. The summed E-state index contributed by atoms with van der Waals surface area (Å²) in [4.78, 5) is 12.4. The van der Waals surface area contributed by atoms with Crippen molar-refractivity contribution in [2.24, 2.45) is 0 Å². The van der Waals surface area contributed by atoms with E-state index in [0.29, 0.717) is 22.9 Å². The van der Waals surface area contributed by atoms with E-state index < -0.39 is 6.04 Å². The maximum atomic E-state index is 12.4. The van der Waals surface area contributed by atoms with Gasteiger partial charge >= 0.3 is 0 Å². The lowest BCUT2D eigenvalue weighted by Gasteiger charge is -2.11. The third-order valence-electron chi connectivity index (χ3n) is 3.96. The monoisotopic (exact) mass is 357 g/mol. The molecule has 3 rings (SSSR count). The summed E-state index contributed by atoms with van der Waals surface area (Å²) < 4.78 is 3.36. The number of aryl methyl sites for hydroxylation is 2. The Labute approximate surface area is 151 Å². The number of carbonyl (C=O) groups excluding carboxylic acids is 1. The third-order valence-corrected chi connectivity index (χ3v) is 4.33. The molecule has 0 fully saturated rings. The minimum atomic E-state index is -0.466. The van der Waals surface area contributed by atoms with E-state index in [0.717, 1.165) is 5.56 Å². The fourth-order valence-electron chi connectivity index (χ4n) is 2.54. The van der Waals surface area contributed by atoms with Gasteiger partial charge in [-0.05, 0) is 26.3 Å². The maximum absolute atomic E-state index is 12.4. The van der Waals surface area contributed by atoms with Crippen LogP contribution in [0, 0.1) is 13.8 Å². The van der Waals surface area contributed by atoms with Crippen LogP contribution in [0.3, 0.4) is 0 Å². The minimum absolute atomic E-state index is 0.172. The highest BCUT2D eigenvalue weighted by atomic mass is 35.5. The SMILES string of the molecule is Cc1cccc(Cn2cc(NC(=O)C(C)n3cc(Cl)c(C)n3)cn2)c1. The highest BCUT2D eigenvalue weighted by molar-refractivity contribution is 6.31. The van der Waals surface area contributed by atoms with Crippen LogP contribution in [0.1, 0.15) is 29.8 Å². The third kappa shape index (κ3) is 4.09. The molecule has 1 amide bonds. The lowest BCUT2D eigenvalue weighted by molar-refractivity contribution is -0.119. The molecule has 6 nitrogen and oxygen atoms in total. The molecule has 1 aromatic carbocycles. The molecule has 3 aromatic rings. The molecular weight excluding hydrogens is 338 g/mol. The lowest BCUT2D eigenvalue weighted by atomic mass is 10.1. The van der Waals surface area contributed by atoms with Crippen LogP contribution in [0.2, 0.25) is 5.02 Å². The maximum Gasteiger partial charge on any atom is 0.249 e. The number of carbonyl (C=O) groups is 1. The number of nitrogens with zero attached hydrogens (tertiary/aromatic N) is 4. The smallest absolute Gasteiger partial charge is 0.249 e. The average Bonchev–Trinajstić information content (AvgIpc) is 3.13. The van der Waals surface area contributed by atoms with Crippen molar-refractivity contribution >= 4 is 23.2 Å². The summed E-state index contributed by atoms with van der Waals surface area (Å²) in [7, 11) is 0. The highest BCUT2D eigenvalue weighted by Gasteiger charge is 2.17. The summed E-state index contributed by atoms with van der Waals surface area (Å²) in [5, 5.41) is 12.0. The number of benzene rings is 1. The number of amides is 1. The van der Waals surface area contributed by atoms with E-state index in [1.165, 1.54) is 5.56 Å². The zero-order chi connectivity index (χ0) is 18.0. The highest BCUT2D eigenvalue weighted by Crippen LogP contribution is 2.17. The van der Waals surface area contributed by atoms with Crippen molar-refractivity contribution in [3.63, 3.8) is 0 Å². The van der Waals surface area contributed by atoms with Crippen molar-refractivity contribution in [1.29, 1.82) is 0 Å². The zero-order valence-corrected chi connectivity index (χ0v) is 15.2. The van der Waals surface area contributed by atoms with E-state index >= 15 is 0 Å². The first-order valence-corrected chi connectivity index (χ1v) is 8.40. The summed E-state index contributed by atoms with van der Waals surface area (Å²) >= 11 is 6.00. The van der Waals surface area contributed by atoms with Crippen molar-refractivity contribution in [2.45, 2.75) is 33.4 Å². The molecule has 2 heterocycles. The van der Waals surface area contributed by atoms with Gasteiger partial charge in [0.2, 0.25) is 5.91 Å². The summed E-state index contributed by atoms with van der Waals surface area (Å²) in [6.45, 7) is 6.29. The second kappa shape index (κ2) is 7.11. The first kappa shape index (κ1) is 17.2. The minimum Gasteiger partial charge on any atom is -0.322 e. The van der Waals surface area contributed by atoms with Crippen molar-refractivity contribution in [3.8, 4) is 0 Å². The summed E-state index contributed by atoms with van der Waals surface area (Å²) in [5.74, 6) is -0.172. The fourth-order valence-corrected chi connectivity index (χ4v) is 2.67. The van der Waals surface area contributed by atoms with Gasteiger partial charge in [0.05, 0.1) is 29.1 Å². The lowest BCUT2D eigenvalue weighted by Crippen LogP contribution is -2.23. The standard InChI is InChI=1S/C18H20ClN5O/c1-12-5-4-6-15(7-12)9-23-10-16(8-20-23)21-18(25)14(3)24-11-17(19)13(2)22-24/h4-8,10-11,14H,9H2,1-3H3,(H,21,25). The van der Waals surface area contributed by atoms with Crippen LogP contribution in [0.25, 0.3) is 0 Å². The Hall–Kier alpha value is -2.60. The second-order valence-electron chi connectivity index (χ2n) is 6.12. The molecule has 7 heteroatoms. The quantitative estimate of drug-likeness (QED) is 0.758. The predicted octanol–water partition coefficient (Wildman–Crippen LogP) is 3.60. The number of nitrogens with one attached hydrogen (secondary N) is 1. The van der Waals surface area contributed by atoms with Gasteiger partial charge in [-0.3, -0.25) is 14.2 Å². The topological polar surface area (TPSA) is 64.7 Å². The first-order valence-electron chi connectivity index (χ1n) is 8.02. The summed E-state index contributed by atoms with van der Waals surface area (Å²) in [5.41, 5.74) is 3.72. The van der Waals surface area contributed by atoms with Crippen LogP contribution >= 0.6 is 11.6 Å². The largest absolute Gasteiger partial charge is 0.322 e. The van der Waals surface area contributed by atoms with Crippen molar-refractivity contribution in [2.75, 3.05) is 5.32 Å². The second-order valence-corrected chi connectivity index (χ2v) is 6.53. The Morgan fingerprint density at radius 1 is 1.32 bits per heavy atom. The van der Waals surface area contributed by atoms with Crippen LogP contribution in [0.4, 0.5) is 5.69 Å². The Morgan fingerprint density at radius 3 is 2.80 bits per heavy atom. The van der Waals surface area contributed by atoms with E-state index in [1.807, 2.05) is 12.3 Å². The first-order chi connectivity index (χ1) is 11.9. The molecule has 1 N–H and O–H groups in total. The number of aromatic nitrogens is 4. The Kier molecular flexibility index (Phi) is 4.90. The van der Waals surface area contributed by atoms with E-state index in [1.54, 1.807) is 35.6 Å². The molecule has 0 bridgehead atoms. The van der Waals surface area contributed by atoms with Gasteiger partial charge in [0, 0.05) is 12.4 Å². The molecule has 0 spiro atoms. The molecule has 130 valence electrons. The van der Waals surface area contributed by atoms with Crippen molar-refractivity contribution in [1.82, 2.24) is 19.6 Å². The van der Waals surface area contributed by atoms with E-state index in [2.05, 4.69) is 40.6 Å². The molecule has 0 saturated carbocycles. The summed E-state index contributed by atoms with van der Waals surface area (Å²) in [6, 6.07) is 7.79. The molecule has 1 unspecified atom stereocenters. The Bertz CT molecular complexity index is 879. The van der Waals surface area contributed by atoms with Crippen LogP contribution in [-0.2, 0) is 11.3 Å². The zero-order valence-electron chi connectivity index (χ0n) is 14.4. The van der Waals surface area contributed by atoms with Gasteiger partial charge in [-0.2, -0.15) is 10.2 Å². The normalized spacial score (nSPS) is 12.2. The number of hydrogen-bond acceptors (Lipinski definition) is 3.